The number of nitrogens with one attached hydrogen (secondary N) is 1. The van der Waals surface area contributed by atoms with Crippen molar-refractivity contribution in [1.82, 2.24) is 20.3 Å². The molecule has 1 fully saturated rings. The van der Waals surface area contributed by atoms with Gasteiger partial charge in [0.15, 0.2) is 29.2 Å². The molecular formula is C18H21F4N5O. The highest BCUT2D eigenvalue weighted by atomic mass is 19.2. The van der Waals surface area contributed by atoms with E-state index in [1.807, 2.05) is 11.8 Å². The average molecular weight is 399 g/mol. The number of aromatic nitrogens is 1. The Morgan fingerprint density at radius 3 is 2.39 bits per heavy atom. The molecule has 1 N–H and O–H groups in total. The van der Waals surface area contributed by atoms with Crippen LogP contribution >= 0.6 is 0 Å². The highest BCUT2D eigenvalue weighted by molar-refractivity contribution is 5.80. The highest BCUT2D eigenvalue weighted by Crippen LogP contribution is 2.20. The van der Waals surface area contributed by atoms with Crippen LogP contribution in [-0.2, 0) is 13.1 Å². The summed E-state index contributed by atoms with van der Waals surface area (Å²) in [6.45, 7) is 5.28. The summed E-state index contributed by atoms with van der Waals surface area (Å²) in [6.07, 6.45) is 1.52. The van der Waals surface area contributed by atoms with Gasteiger partial charge in [-0.15, -0.1) is 0 Å². The highest BCUT2D eigenvalue weighted by Gasteiger charge is 2.22. The lowest BCUT2D eigenvalue weighted by molar-refractivity contribution is 0.169. The van der Waals surface area contributed by atoms with E-state index < -0.39 is 35.4 Å². The Morgan fingerprint density at radius 1 is 1.14 bits per heavy atom. The number of rotatable bonds is 5. The van der Waals surface area contributed by atoms with E-state index in [2.05, 4.69) is 20.4 Å². The molecule has 0 radical (unpaired) electrons. The fraction of sp³-hybridized carbons (Fsp3) is 0.444. The average Bonchev–Trinajstić information content (AvgIpc) is 3.19. The third kappa shape index (κ3) is 4.61. The molecule has 0 aliphatic carbocycles. The number of aliphatic imine (C=N–C) groups is 1. The van der Waals surface area contributed by atoms with E-state index in [9.17, 15) is 17.6 Å². The second-order valence-corrected chi connectivity index (χ2v) is 6.37. The summed E-state index contributed by atoms with van der Waals surface area (Å²) in [7, 11) is 0. The van der Waals surface area contributed by atoms with Crippen LogP contribution < -0.4 is 5.32 Å². The topological polar surface area (TPSA) is 56.9 Å². The summed E-state index contributed by atoms with van der Waals surface area (Å²) in [6, 6.07) is 2.00. The Labute approximate surface area is 159 Å². The minimum atomic E-state index is -1.43. The second kappa shape index (κ2) is 9.05. The molecule has 1 aromatic carbocycles. The van der Waals surface area contributed by atoms with E-state index in [0.717, 1.165) is 18.8 Å². The first kappa shape index (κ1) is 20.1. The van der Waals surface area contributed by atoms with Gasteiger partial charge in [0.1, 0.15) is 6.26 Å². The first-order chi connectivity index (χ1) is 13.5. The minimum absolute atomic E-state index is 0.192. The summed E-state index contributed by atoms with van der Waals surface area (Å²) in [5.74, 6) is -5.27. The molecule has 0 amide bonds. The molecule has 2 aromatic rings. The summed E-state index contributed by atoms with van der Waals surface area (Å²) in [4.78, 5) is 8.32. The maximum absolute atomic E-state index is 13.8. The van der Waals surface area contributed by atoms with Crippen molar-refractivity contribution in [3.8, 4) is 0 Å². The van der Waals surface area contributed by atoms with Gasteiger partial charge in [-0.05, 0) is 6.92 Å². The fourth-order valence-electron chi connectivity index (χ4n) is 3.01. The zero-order valence-electron chi connectivity index (χ0n) is 15.4. The Balaban J connectivity index is 1.67. The van der Waals surface area contributed by atoms with Crippen molar-refractivity contribution in [3.63, 3.8) is 0 Å². The molecule has 28 heavy (non-hydrogen) atoms. The largest absolute Gasteiger partial charge is 0.364 e. The lowest BCUT2D eigenvalue weighted by Crippen LogP contribution is -2.52. The van der Waals surface area contributed by atoms with Crippen LogP contribution in [0.4, 0.5) is 17.6 Å². The van der Waals surface area contributed by atoms with E-state index in [1.165, 1.54) is 6.26 Å². The first-order valence-corrected chi connectivity index (χ1v) is 8.96. The van der Waals surface area contributed by atoms with Gasteiger partial charge in [-0.3, -0.25) is 4.90 Å². The summed E-state index contributed by atoms with van der Waals surface area (Å²) in [5.41, 5.74) is 0.116. The molecule has 1 aliphatic heterocycles. The molecule has 1 saturated heterocycles. The van der Waals surface area contributed by atoms with Crippen LogP contribution in [0.3, 0.4) is 0 Å². The molecule has 2 heterocycles. The van der Waals surface area contributed by atoms with E-state index in [0.29, 0.717) is 32.1 Å². The smallest absolute Gasteiger partial charge is 0.194 e. The van der Waals surface area contributed by atoms with Gasteiger partial charge in [-0.2, -0.15) is 0 Å². The van der Waals surface area contributed by atoms with Crippen molar-refractivity contribution < 1.29 is 22.1 Å². The van der Waals surface area contributed by atoms with Gasteiger partial charge in [0.2, 0.25) is 0 Å². The number of piperazine rings is 1. The molecule has 1 aliphatic rings. The first-order valence-electron chi connectivity index (χ1n) is 8.96. The Kier molecular flexibility index (Phi) is 6.50. The van der Waals surface area contributed by atoms with Crippen LogP contribution in [0.15, 0.2) is 27.9 Å². The molecule has 0 unspecified atom stereocenters. The van der Waals surface area contributed by atoms with Gasteiger partial charge in [0.25, 0.3) is 0 Å². The minimum Gasteiger partial charge on any atom is -0.364 e. The number of nitrogens with zero attached hydrogens (tertiary/aromatic N) is 4. The molecule has 0 saturated carbocycles. The fourth-order valence-corrected chi connectivity index (χ4v) is 3.01. The number of hydrogen-bond acceptors (Lipinski definition) is 4. The molecular weight excluding hydrogens is 378 g/mol. The van der Waals surface area contributed by atoms with E-state index in [1.54, 1.807) is 6.07 Å². The van der Waals surface area contributed by atoms with Crippen LogP contribution in [0.25, 0.3) is 0 Å². The number of halogens is 4. The van der Waals surface area contributed by atoms with Crippen molar-refractivity contribution in [2.24, 2.45) is 4.99 Å². The second-order valence-electron chi connectivity index (χ2n) is 6.37. The number of benzene rings is 1. The Hall–Kier alpha value is -2.62. The third-order valence-electron chi connectivity index (χ3n) is 4.47. The van der Waals surface area contributed by atoms with Crippen molar-refractivity contribution >= 4 is 5.96 Å². The molecule has 10 heteroatoms. The lowest BCUT2D eigenvalue weighted by Gasteiger charge is -2.36. The zero-order valence-corrected chi connectivity index (χ0v) is 15.4. The van der Waals surface area contributed by atoms with E-state index in [-0.39, 0.29) is 6.07 Å². The van der Waals surface area contributed by atoms with Gasteiger partial charge in [-0.25, -0.2) is 22.6 Å². The summed E-state index contributed by atoms with van der Waals surface area (Å²) >= 11 is 0. The third-order valence-corrected chi connectivity index (χ3v) is 4.47. The van der Waals surface area contributed by atoms with Crippen LogP contribution in [-0.4, -0.2) is 53.6 Å². The molecule has 0 spiro atoms. The standard InChI is InChI=1S/C18H21F4N5O/c1-2-23-18(24-10-13-16(21)14(19)9-15(20)17(13)22)27-6-4-26(5-7-27)11-12-3-8-28-25-12/h3,8-9H,2,4-7,10-11H2,1H3,(H,23,24). The van der Waals surface area contributed by atoms with Crippen LogP contribution in [0.1, 0.15) is 18.2 Å². The van der Waals surface area contributed by atoms with E-state index >= 15 is 0 Å². The SMILES string of the molecule is CCNC(=NCc1c(F)c(F)cc(F)c1F)N1CCN(Cc2ccon2)CC1. The van der Waals surface area contributed by atoms with Gasteiger partial charge < -0.3 is 14.7 Å². The van der Waals surface area contributed by atoms with Crippen LogP contribution in [0, 0.1) is 23.3 Å². The Morgan fingerprint density at radius 2 is 1.82 bits per heavy atom. The monoisotopic (exact) mass is 399 g/mol. The predicted octanol–water partition coefficient (Wildman–Crippen LogP) is 2.51. The zero-order chi connectivity index (χ0) is 20.1. The normalized spacial score (nSPS) is 15.9. The van der Waals surface area contributed by atoms with Gasteiger partial charge >= 0.3 is 0 Å². The molecule has 3 rings (SSSR count). The van der Waals surface area contributed by atoms with Gasteiger partial charge in [0.05, 0.1) is 17.8 Å². The molecule has 152 valence electrons. The molecule has 0 atom stereocenters. The van der Waals surface area contributed by atoms with Crippen molar-refractivity contribution in [3.05, 3.63) is 52.9 Å². The predicted molar refractivity (Wildman–Crippen MR) is 94.4 cm³/mol. The van der Waals surface area contributed by atoms with Crippen molar-refractivity contribution in [1.29, 1.82) is 0 Å². The van der Waals surface area contributed by atoms with Crippen molar-refractivity contribution in [2.75, 3.05) is 32.7 Å². The van der Waals surface area contributed by atoms with Crippen LogP contribution in [0.5, 0.6) is 0 Å². The molecule has 1 aromatic heterocycles. The Bertz CT molecular complexity index is 794. The number of hydrogen-bond donors (Lipinski definition) is 1. The summed E-state index contributed by atoms with van der Waals surface area (Å²) in [5, 5.41) is 6.94. The maximum Gasteiger partial charge on any atom is 0.194 e. The maximum atomic E-state index is 13.8. The van der Waals surface area contributed by atoms with Crippen LogP contribution in [0.2, 0.25) is 0 Å². The van der Waals surface area contributed by atoms with Gasteiger partial charge in [0, 0.05) is 51.4 Å². The quantitative estimate of drug-likeness (QED) is 0.362. The van der Waals surface area contributed by atoms with Crippen molar-refractivity contribution in [2.45, 2.75) is 20.0 Å². The molecule has 6 nitrogen and oxygen atoms in total. The lowest BCUT2D eigenvalue weighted by atomic mass is 10.2. The van der Waals surface area contributed by atoms with Gasteiger partial charge in [-0.1, -0.05) is 5.16 Å². The molecule has 0 bridgehead atoms. The van der Waals surface area contributed by atoms with E-state index in [4.69, 9.17) is 4.52 Å². The summed E-state index contributed by atoms with van der Waals surface area (Å²) < 4.78 is 59.3. The number of guanidine groups is 1.